The normalized spacial score (nSPS) is 25.8. The van der Waals surface area contributed by atoms with Crippen LogP contribution in [0.15, 0.2) is 84.9 Å². The van der Waals surface area contributed by atoms with E-state index < -0.39 is 65.5 Å². The predicted molar refractivity (Wildman–Crippen MR) is 226 cm³/mol. The number of aliphatic hydroxyl groups is 1. The van der Waals surface area contributed by atoms with Crippen LogP contribution < -0.4 is 5.32 Å². The van der Waals surface area contributed by atoms with Gasteiger partial charge in [0.1, 0.15) is 41.6 Å². The van der Waals surface area contributed by atoms with Crippen molar-refractivity contribution in [3.05, 3.63) is 107 Å². The Balaban J connectivity index is 1.26. The van der Waals surface area contributed by atoms with E-state index in [-0.39, 0.29) is 38.3 Å². The fraction of sp³-hybridized carbons (Fsp3) is 0.521. The zero-order chi connectivity index (χ0) is 42.3. The molecule has 3 aromatic carbocycles. The van der Waals surface area contributed by atoms with Gasteiger partial charge in [-0.15, -0.1) is 0 Å². The lowest BCUT2D eigenvalue weighted by molar-refractivity contribution is -0.225. The third-order valence-corrected chi connectivity index (χ3v) is 12.8. The molecule has 12 heteroatoms. The third kappa shape index (κ3) is 8.90. The Morgan fingerprint density at radius 1 is 0.917 bits per heavy atom. The maximum atomic E-state index is 15.6. The van der Waals surface area contributed by atoms with Crippen molar-refractivity contribution < 1.29 is 43.6 Å². The Bertz CT molecular complexity index is 1960. The highest BCUT2D eigenvalue weighted by Gasteiger charge is 2.76. The summed E-state index contributed by atoms with van der Waals surface area (Å²) in [5.74, 6) is -2.09. The van der Waals surface area contributed by atoms with Crippen LogP contribution in [0.25, 0.3) is 6.08 Å². The molecule has 1 saturated carbocycles. The van der Waals surface area contributed by atoms with Gasteiger partial charge in [-0.05, 0) is 47.6 Å². The van der Waals surface area contributed by atoms with Crippen molar-refractivity contribution in [3.8, 4) is 5.75 Å². The summed E-state index contributed by atoms with van der Waals surface area (Å²) in [7, 11) is 1.62. The quantitative estimate of drug-likeness (QED) is 0.0881. The van der Waals surface area contributed by atoms with E-state index in [1.165, 1.54) is 4.90 Å². The molecule has 0 aromatic heterocycles. The first-order valence-corrected chi connectivity index (χ1v) is 21.8. The number of nitrogens with one attached hydrogen (secondary N) is 1. The number of para-hydroxylation sites is 1. The minimum absolute atomic E-state index is 0.0290. The van der Waals surface area contributed by atoms with Gasteiger partial charge in [0.25, 0.3) is 0 Å². The van der Waals surface area contributed by atoms with E-state index in [0.717, 1.165) is 60.8 Å². The highest BCUT2D eigenvalue weighted by Crippen LogP contribution is 2.58. The van der Waals surface area contributed by atoms with Gasteiger partial charge in [-0.1, -0.05) is 124 Å². The molecular weight excluding hydrogens is 763 g/mol. The number of hydrogen-bond donors (Lipinski definition) is 3. The maximum absolute atomic E-state index is 15.6. The highest BCUT2D eigenvalue weighted by atomic mass is 16.8. The Morgan fingerprint density at radius 3 is 2.28 bits per heavy atom. The van der Waals surface area contributed by atoms with Crippen LogP contribution in [0.2, 0.25) is 0 Å². The largest absolute Gasteiger partial charge is 0.508 e. The number of unbranched alkanes of at least 4 members (excludes halogenated alkanes) is 4. The van der Waals surface area contributed by atoms with Crippen LogP contribution >= 0.6 is 0 Å². The van der Waals surface area contributed by atoms with Gasteiger partial charge in [0.2, 0.25) is 11.8 Å². The molecule has 2 unspecified atom stereocenters. The number of aliphatic hydroxyl groups excluding tert-OH is 1. The van der Waals surface area contributed by atoms with Crippen molar-refractivity contribution >= 4 is 23.9 Å². The van der Waals surface area contributed by atoms with Crippen molar-refractivity contribution in [1.82, 2.24) is 15.3 Å². The molecule has 3 saturated heterocycles. The van der Waals surface area contributed by atoms with Crippen LogP contribution in [0.3, 0.4) is 0 Å². The number of ether oxygens (including phenoxy) is 3. The molecule has 3 aromatic rings. The molecule has 3 N–H and O–H groups in total. The van der Waals surface area contributed by atoms with E-state index in [1.54, 1.807) is 24.2 Å². The highest BCUT2D eigenvalue weighted by molar-refractivity contribution is 5.96. The molecule has 2 amide bonds. The number of phenols is 1. The number of hydroxylamine groups is 2. The number of carbonyl (C=O) groups is 3. The lowest BCUT2D eigenvalue weighted by Crippen LogP contribution is -2.70. The molecule has 4 fully saturated rings. The molecule has 0 radical (unpaired) electrons. The van der Waals surface area contributed by atoms with Crippen molar-refractivity contribution in [2.24, 2.45) is 5.41 Å². The third-order valence-electron chi connectivity index (χ3n) is 12.8. The van der Waals surface area contributed by atoms with Gasteiger partial charge < -0.3 is 34.6 Å². The minimum atomic E-state index is -1.48. The first-order valence-electron chi connectivity index (χ1n) is 21.8. The lowest BCUT2D eigenvalue weighted by Gasteiger charge is -2.50. The molecule has 3 heterocycles. The zero-order valence-corrected chi connectivity index (χ0v) is 35.2. The van der Waals surface area contributed by atoms with Crippen molar-refractivity contribution in [2.45, 2.75) is 133 Å². The smallest absolute Gasteiger partial charge is 0.327 e. The first kappa shape index (κ1) is 43.5. The fourth-order valence-corrected chi connectivity index (χ4v) is 9.69. The van der Waals surface area contributed by atoms with Gasteiger partial charge in [-0.2, -0.15) is 5.06 Å². The summed E-state index contributed by atoms with van der Waals surface area (Å²) in [6.45, 7) is 4.24. The van der Waals surface area contributed by atoms with Gasteiger partial charge in [-0.25, -0.2) is 0 Å². The summed E-state index contributed by atoms with van der Waals surface area (Å²) in [5.41, 5.74) is 1.91. The predicted octanol–water partition coefficient (Wildman–Crippen LogP) is 6.27. The summed E-state index contributed by atoms with van der Waals surface area (Å²) >= 11 is 0. The molecule has 3 aliphatic heterocycles. The number of carbonyl (C=O) groups excluding carboxylic acids is 3. The summed E-state index contributed by atoms with van der Waals surface area (Å²) in [4.78, 5) is 52.6. The molecule has 7 rings (SSSR count). The second-order valence-electron chi connectivity index (χ2n) is 16.8. The van der Waals surface area contributed by atoms with Gasteiger partial charge in [-0.3, -0.25) is 19.2 Å². The number of amides is 2. The number of nitrogens with zero attached hydrogens (tertiary/aromatic N) is 2. The number of benzene rings is 3. The number of likely N-dealkylation sites (N-methyl/N-ethyl adjacent to an activating group) is 1. The lowest BCUT2D eigenvalue weighted by atomic mass is 9.62. The average molecular weight is 824 g/mol. The van der Waals surface area contributed by atoms with Crippen LogP contribution in [-0.2, 0) is 52.8 Å². The van der Waals surface area contributed by atoms with Crippen molar-refractivity contribution in [1.29, 1.82) is 0 Å². The second-order valence-corrected chi connectivity index (χ2v) is 16.8. The second kappa shape index (κ2) is 19.4. The molecule has 2 bridgehead atoms. The van der Waals surface area contributed by atoms with Crippen LogP contribution in [0.4, 0.5) is 0 Å². The van der Waals surface area contributed by atoms with E-state index in [4.69, 9.17) is 19.0 Å². The number of fused-ring (bicyclic) bond motifs is 4. The van der Waals surface area contributed by atoms with E-state index in [2.05, 4.69) is 19.2 Å². The van der Waals surface area contributed by atoms with E-state index >= 15 is 4.79 Å². The van der Waals surface area contributed by atoms with Crippen molar-refractivity contribution in [2.75, 3.05) is 20.2 Å². The van der Waals surface area contributed by atoms with E-state index in [1.807, 2.05) is 78.9 Å². The molecule has 4 aliphatic rings. The number of rotatable bonds is 20. The molecule has 0 spiro atoms. The minimum Gasteiger partial charge on any atom is -0.508 e. The van der Waals surface area contributed by atoms with Crippen LogP contribution in [0, 0.1) is 5.41 Å². The topological polar surface area (TPSA) is 147 Å². The Morgan fingerprint density at radius 2 is 1.58 bits per heavy atom. The maximum Gasteiger partial charge on any atom is 0.327 e. The molecular formula is C48H61N3O9. The first-order chi connectivity index (χ1) is 29.1. The molecule has 7 atom stereocenters. The summed E-state index contributed by atoms with van der Waals surface area (Å²) < 4.78 is 20.4. The Hall–Kier alpha value is -4.59. The number of phenolic OH excluding ortho intramolecular Hbond substituents is 1. The van der Waals surface area contributed by atoms with Crippen molar-refractivity contribution in [3.63, 3.8) is 0 Å². The standard InChI is InChI=1S/C48H61N3O9/c1-4-6-15-26-47(27-16-7-5-2)58-40-39-31-48(46(56)50(3)37(44(54)49-28-29-52)30-33-18-9-8-10-19-33)42(45(55)57-39)51(60-43(48)41(40)59-47)32-36-22-12-11-20-34(36)23-17-24-35-21-13-14-25-38(35)53/h8-14,17-23,25,37,39-43,52-53H,4-7,15-16,24,26-32H2,1-3H3,(H,49,54)/t37-,39?,40+,41+,42+,43-,48?/m1/s1. The number of esters is 1. The SMILES string of the molecule is CCCCCC1(CCCCC)O[C@@H]2[C@H]3ON(Cc4ccccc4C=CCc4ccccc4O)[C@H]4C(=O)OC(CC34C(=O)N(C)[C@H](Cc3ccccc3)C(=O)NCCO)[C@@H]2O1. The number of aromatic hydroxyl groups is 1. The average Bonchev–Trinajstić information content (AvgIpc) is 3.81. The Kier molecular flexibility index (Phi) is 14.1. The van der Waals surface area contributed by atoms with Crippen LogP contribution in [0.5, 0.6) is 5.75 Å². The van der Waals surface area contributed by atoms with Gasteiger partial charge in [0.15, 0.2) is 11.8 Å². The molecule has 12 nitrogen and oxygen atoms in total. The Labute approximate surface area is 353 Å². The monoisotopic (exact) mass is 823 g/mol. The van der Waals surface area contributed by atoms with Crippen LogP contribution in [0.1, 0.15) is 93.9 Å². The molecule has 60 heavy (non-hydrogen) atoms. The summed E-state index contributed by atoms with van der Waals surface area (Å²) in [5, 5.41) is 24.3. The fourth-order valence-electron chi connectivity index (χ4n) is 9.69. The molecule has 1 aliphatic carbocycles. The van der Waals surface area contributed by atoms with Crippen LogP contribution in [-0.4, -0.2) is 100 Å². The zero-order valence-electron chi connectivity index (χ0n) is 35.2. The van der Waals surface area contributed by atoms with Gasteiger partial charge in [0, 0.05) is 39.3 Å². The van der Waals surface area contributed by atoms with Gasteiger partial charge in [0.05, 0.1) is 13.2 Å². The van der Waals surface area contributed by atoms with E-state index in [9.17, 15) is 19.8 Å². The summed E-state index contributed by atoms with van der Waals surface area (Å²) in [6, 6.07) is 22.4. The molecule has 322 valence electrons. The summed E-state index contributed by atoms with van der Waals surface area (Å²) in [6.07, 6.45) is 9.01. The van der Waals surface area contributed by atoms with Gasteiger partial charge >= 0.3 is 5.97 Å². The number of allylic oxidation sites excluding steroid dienone is 1. The van der Waals surface area contributed by atoms with E-state index in [0.29, 0.717) is 19.3 Å². The number of hydrogen-bond acceptors (Lipinski definition) is 10.